The SMILES string of the molecule is CCN(c1cnccn1)C1CCCCC1CN. The molecule has 4 nitrogen and oxygen atoms in total. The summed E-state index contributed by atoms with van der Waals surface area (Å²) in [5.41, 5.74) is 5.90. The van der Waals surface area contributed by atoms with E-state index in [1.807, 2.05) is 6.20 Å². The van der Waals surface area contributed by atoms with Crippen LogP contribution in [0.25, 0.3) is 0 Å². The molecule has 1 aliphatic carbocycles. The Morgan fingerprint density at radius 1 is 1.35 bits per heavy atom. The van der Waals surface area contributed by atoms with Crippen LogP contribution in [-0.2, 0) is 0 Å². The Morgan fingerprint density at radius 3 is 2.82 bits per heavy atom. The van der Waals surface area contributed by atoms with E-state index in [0.717, 1.165) is 18.9 Å². The third-order valence-corrected chi connectivity index (χ3v) is 3.76. The van der Waals surface area contributed by atoms with Gasteiger partial charge >= 0.3 is 0 Å². The highest BCUT2D eigenvalue weighted by molar-refractivity contribution is 5.37. The molecule has 2 N–H and O–H groups in total. The van der Waals surface area contributed by atoms with Gasteiger partial charge in [0.2, 0.25) is 0 Å². The largest absolute Gasteiger partial charge is 0.352 e. The van der Waals surface area contributed by atoms with Crippen LogP contribution in [0.15, 0.2) is 18.6 Å². The Morgan fingerprint density at radius 2 is 2.18 bits per heavy atom. The summed E-state index contributed by atoms with van der Waals surface area (Å²) in [7, 11) is 0. The molecule has 1 aliphatic rings. The minimum Gasteiger partial charge on any atom is -0.352 e. The smallest absolute Gasteiger partial charge is 0.147 e. The molecule has 0 saturated heterocycles. The molecule has 1 saturated carbocycles. The van der Waals surface area contributed by atoms with Crippen LogP contribution in [0.1, 0.15) is 32.6 Å². The number of nitrogens with zero attached hydrogens (tertiary/aromatic N) is 3. The summed E-state index contributed by atoms with van der Waals surface area (Å²) in [6.45, 7) is 3.93. The fourth-order valence-corrected chi connectivity index (χ4v) is 2.88. The van der Waals surface area contributed by atoms with Gasteiger partial charge in [-0.2, -0.15) is 0 Å². The summed E-state index contributed by atoms with van der Waals surface area (Å²) in [6.07, 6.45) is 10.4. The lowest BCUT2D eigenvalue weighted by Crippen LogP contribution is -2.45. The normalized spacial score (nSPS) is 24.6. The maximum absolute atomic E-state index is 5.90. The molecular weight excluding hydrogens is 212 g/mol. The molecule has 0 amide bonds. The molecule has 1 fully saturated rings. The summed E-state index contributed by atoms with van der Waals surface area (Å²) < 4.78 is 0. The van der Waals surface area contributed by atoms with Crippen molar-refractivity contribution in [3.8, 4) is 0 Å². The zero-order valence-electron chi connectivity index (χ0n) is 10.5. The molecule has 2 unspecified atom stereocenters. The van der Waals surface area contributed by atoms with Gasteiger partial charge in [0.1, 0.15) is 5.82 Å². The molecule has 0 spiro atoms. The van der Waals surface area contributed by atoms with E-state index in [1.165, 1.54) is 25.7 Å². The number of rotatable bonds is 4. The number of hydrogen-bond donors (Lipinski definition) is 1. The lowest BCUT2D eigenvalue weighted by atomic mass is 9.83. The average Bonchev–Trinajstić information content (AvgIpc) is 2.41. The molecule has 0 aromatic carbocycles. The Hall–Kier alpha value is -1.16. The van der Waals surface area contributed by atoms with Gasteiger partial charge in [-0.05, 0) is 32.2 Å². The molecule has 0 bridgehead atoms. The average molecular weight is 234 g/mol. The van der Waals surface area contributed by atoms with Gasteiger partial charge < -0.3 is 10.6 Å². The highest BCUT2D eigenvalue weighted by Crippen LogP contribution is 2.29. The molecule has 94 valence electrons. The van der Waals surface area contributed by atoms with Crippen LogP contribution in [-0.4, -0.2) is 29.1 Å². The zero-order valence-corrected chi connectivity index (χ0v) is 10.5. The maximum Gasteiger partial charge on any atom is 0.147 e. The highest BCUT2D eigenvalue weighted by atomic mass is 15.2. The van der Waals surface area contributed by atoms with E-state index in [2.05, 4.69) is 21.8 Å². The number of nitrogens with two attached hydrogens (primary N) is 1. The molecule has 4 heteroatoms. The van der Waals surface area contributed by atoms with Gasteiger partial charge in [-0.1, -0.05) is 12.8 Å². The van der Waals surface area contributed by atoms with Gasteiger partial charge in [-0.3, -0.25) is 4.98 Å². The topological polar surface area (TPSA) is 55.0 Å². The molecule has 2 rings (SSSR count). The van der Waals surface area contributed by atoms with E-state index in [1.54, 1.807) is 12.4 Å². The van der Waals surface area contributed by atoms with Crippen molar-refractivity contribution in [2.75, 3.05) is 18.0 Å². The second-order valence-corrected chi connectivity index (χ2v) is 4.70. The second kappa shape index (κ2) is 5.96. The van der Waals surface area contributed by atoms with E-state index < -0.39 is 0 Å². The molecule has 17 heavy (non-hydrogen) atoms. The summed E-state index contributed by atoms with van der Waals surface area (Å²) in [6, 6.07) is 0.537. The van der Waals surface area contributed by atoms with Crippen LogP contribution in [0.3, 0.4) is 0 Å². The van der Waals surface area contributed by atoms with Crippen LogP contribution in [0.2, 0.25) is 0 Å². The predicted octanol–water partition coefficient (Wildman–Crippen LogP) is 1.82. The summed E-state index contributed by atoms with van der Waals surface area (Å²) in [4.78, 5) is 10.9. The molecule has 0 aliphatic heterocycles. The summed E-state index contributed by atoms with van der Waals surface area (Å²) >= 11 is 0. The molecule has 2 atom stereocenters. The van der Waals surface area contributed by atoms with Gasteiger partial charge in [0.05, 0.1) is 6.20 Å². The molecule has 0 radical (unpaired) electrons. The third-order valence-electron chi connectivity index (χ3n) is 3.76. The van der Waals surface area contributed by atoms with Crippen molar-refractivity contribution >= 4 is 5.82 Å². The van der Waals surface area contributed by atoms with E-state index in [-0.39, 0.29) is 0 Å². The number of anilines is 1. The van der Waals surface area contributed by atoms with Crippen molar-refractivity contribution in [2.45, 2.75) is 38.6 Å². The lowest BCUT2D eigenvalue weighted by molar-refractivity contribution is 0.299. The first-order chi connectivity index (χ1) is 8.36. The predicted molar refractivity (Wildman–Crippen MR) is 69.9 cm³/mol. The molecule has 1 aromatic rings. The standard InChI is InChI=1S/C13H22N4/c1-2-17(13-10-15-7-8-16-13)12-6-4-3-5-11(12)9-14/h7-8,10-12H,2-6,9,14H2,1H3. The van der Waals surface area contributed by atoms with Crippen LogP contribution in [0.4, 0.5) is 5.82 Å². The first kappa shape index (κ1) is 12.3. The first-order valence-corrected chi connectivity index (χ1v) is 6.59. The summed E-state index contributed by atoms with van der Waals surface area (Å²) in [5, 5.41) is 0. The zero-order chi connectivity index (χ0) is 12.1. The molecule has 1 aromatic heterocycles. The van der Waals surface area contributed by atoms with E-state index in [9.17, 15) is 0 Å². The van der Waals surface area contributed by atoms with Crippen molar-refractivity contribution < 1.29 is 0 Å². The van der Waals surface area contributed by atoms with Crippen molar-refractivity contribution in [1.29, 1.82) is 0 Å². The monoisotopic (exact) mass is 234 g/mol. The van der Waals surface area contributed by atoms with Gasteiger partial charge in [-0.25, -0.2) is 4.98 Å². The van der Waals surface area contributed by atoms with E-state index in [0.29, 0.717) is 12.0 Å². The number of aromatic nitrogens is 2. The lowest BCUT2D eigenvalue weighted by Gasteiger charge is -2.39. The molecule has 1 heterocycles. The van der Waals surface area contributed by atoms with Gasteiger partial charge in [0, 0.05) is 25.0 Å². The Bertz CT molecular complexity index is 327. The Kier molecular flexibility index (Phi) is 4.31. The van der Waals surface area contributed by atoms with Crippen molar-refractivity contribution in [3.05, 3.63) is 18.6 Å². The van der Waals surface area contributed by atoms with Crippen LogP contribution >= 0.6 is 0 Å². The minimum atomic E-state index is 0.537. The summed E-state index contributed by atoms with van der Waals surface area (Å²) in [5.74, 6) is 1.59. The molecular formula is C13H22N4. The van der Waals surface area contributed by atoms with Gasteiger partial charge in [0.25, 0.3) is 0 Å². The Balaban J connectivity index is 2.16. The van der Waals surface area contributed by atoms with Gasteiger partial charge in [-0.15, -0.1) is 0 Å². The van der Waals surface area contributed by atoms with Crippen molar-refractivity contribution in [3.63, 3.8) is 0 Å². The van der Waals surface area contributed by atoms with Crippen LogP contribution < -0.4 is 10.6 Å². The highest BCUT2D eigenvalue weighted by Gasteiger charge is 2.29. The quantitative estimate of drug-likeness (QED) is 0.863. The van der Waals surface area contributed by atoms with Crippen LogP contribution in [0.5, 0.6) is 0 Å². The van der Waals surface area contributed by atoms with E-state index >= 15 is 0 Å². The fraction of sp³-hybridized carbons (Fsp3) is 0.692. The number of hydrogen-bond acceptors (Lipinski definition) is 4. The first-order valence-electron chi connectivity index (χ1n) is 6.59. The van der Waals surface area contributed by atoms with Crippen LogP contribution in [0, 0.1) is 5.92 Å². The van der Waals surface area contributed by atoms with Gasteiger partial charge in [0.15, 0.2) is 0 Å². The van der Waals surface area contributed by atoms with Crippen molar-refractivity contribution in [2.24, 2.45) is 11.7 Å². The fourth-order valence-electron chi connectivity index (χ4n) is 2.88. The maximum atomic E-state index is 5.90. The second-order valence-electron chi connectivity index (χ2n) is 4.70. The van der Waals surface area contributed by atoms with E-state index in [4.69, 9.17) is 5.73 Å². The minimum absolute atomic E-state index is 0.537. The van der Waals surface area contributed by atoms with Crippen molar-refractivity contribution in [1.82, 2.24) is 9.97 Å². The third kappa shape index (κ3) is 2.75. The Labute approximate surface area is 103 Å².